The Labute approximate surface area is 144 Å². The van der Waals surface area contributed by atoms with Crippen molar-refractivity contribution in [2.75, 3.05) is 31.2 Å². The molecule has 0 aromatic heterocycles. The standard InChI is InChI=1S/C17H20N2O6/c1-11-16(21)19(12-4-2-3-5-14(12)25-11)7-6-15(20)18-8-9-24-10-13(18)17(22)23/h2-5,11,13H,6-10H2,1H3,(H,22,23)/t11-,13-/m0/s1. The highest BCUT2D eigenvalue weighted by molar-refractivity contribution is 6.00. The molecule has 1 N–H and O–H groups in total. The van der Waals surface area contributed by atoms with Crippen LogP contribution in [0.5, 0.6) is 5.75 Å². The molecule has 134 valence electrons. The number of hydrogen-bond donors (Lipinski definition) is 1. The van der Waals surface area contributed by atoms with Gasteiger partial charge in [-0.3, -0.25) is 9.59 Å². The van der Waals surface area contributed by atoms with E-state index in [1.54, 1.807) is 25.1 Å². The van der Waals surface area contributed by atoms with Crippen molar-refractivity contribution in [3.8, 4) is 5.75 Å². The second kappa shape index (κ2) is 7.10. The van der Waals surface area contributed by atoms with E-state index in [0.29, 0.717) is 18.0 Å². The van der Waals surface area contributed by atoms with Crippen molar-refractivity contribution in [1.29, 1.82) is 0 Å². The predicted molar refractivity (Wildman–Crippen MR) is 87.5 cm³/mol. The normalized spacial score (nSPS) is 23.0. The molecule has 25 heavy (non-hydrogen) atoms. The Morgan fingerprint density at radius 1 is 1.32 bits per heavy atom. The number of fused-ring (bicyclic) bond motifs is 1. The third kappa shape index (κ3) is 3.43. The number of amides is 2. The summed E-state index contributed by atoms with van der Waals surface area (Å²) in [7, 11) is 0. The van der Waals surface area contributed by atoms with Crippen molar-refractivity contribution in [3.63, 3.8) is 0 Å². The highest BCUT2D eigenvalue weighted by Crippen LogP contribution is 2.33. The summed E-state index contributed by atoms with van der Waals surface area (Å²) in [5.41, 5.74) is 0.621. The van der Waals surface area contributed by atoms with Gasteiger partial charge in [0.05, 0.1) is 18.9 Å². The number of morpholine rings is 1. The van der Waals surface area contributed by atoms with Gasteiger partial charge in [-0.25, -0.2) is 4.79 Å². The number of para-hydroxylation sites is 2. The van der Waals surface area contributed by atoms with E-state index in [0.717, 1.165) is 0 Å². The van der Waals surface area contributed by atoms with Crippen LogP contribution in [0.3, 0.4) is 0 Å². The predicted octanol–water partition coefficient (Wildman–Crippen LogP) is 0.503. The number of rotatable bonds is 4. The second-order valence-corrected chi connectivity index (χ2v) is 5.98. The Balaban J connectivity index is 1.71. The Bertz CT molecular complexity index is 691. The van der Waals surface area contributed by atoms with E-state index >= 15 is 0 Å². The zero-order chi connectivity index (χ0) is 18.0. The molecule has 8 nitrogen and oxygen atoms in total. The number of aliphatic carboxylic acids is 1. The molecule has 1 aromatic carbocycles. The molecule has 2 aliphatic heterocycles. The summed E-state index contributed by atoms with van der Waals surface area (Å²) in [5, 5.41) is 9.23. The highest BCUT2D eigenvalue weighted by atomic mass is 16.5. The van der Waals surface area contributed by atoms with Crippen molar-refractivity contribution >= 4 is 23.5 Å². The minimum absolute atomic E-state index is 0.0164. The minimum Gasteiger partial charge on any atom is -0.480 e. The molecule has 1 fully saturated rings. The zero-order valence-corrected chi connectivity index (χ0v) is 13.9. The fraction of sp³-hybridized carbons (Fsp3) is 0.471. The van der Waals surface area contributed by atoms with Crippen LogP contribution >= 0.6 is 0 Å². The summed E-state index contributed by atoms with van der Waals surface area (Å²) < 4.78 is 10.7. The Morgan fingerprint density at radius 2 is 2.08 bits per heavy atom. The SMILES string of the molecule is C[C@@H]1Oc2ccccc2N(CCC(=O)N2CCOC[C@H]2C(=O)O)C1=O. The Kier molecular flexibility index (Phi) is 4.89. The molecule has 0 unspecified atom stereocenters. The molecule has 0 aliphatic carbocycles. The van der Waals surface area contributed by atoms with E-state index in [1.165, 1.54) is 9.80 Å². The average molecular weight is 348 g/mol. The lowest BCUT2D eigenvalue weighted by molar-refractivity contribution is -0.158. The summed E-state index contributed by atoms with van der Waals surface area (Å²) in [6, 6.07) is 6.17. The number of nitrogens with zero attached hydrogens (tertiary/aromatic N) is 2. The smallest absolute Gasteiger partial charge is 0.328 e. The van der Waals surface area contributed by atoms with Crippen LogP contribution in [0, 0.1) is 0 Å². The summed E-state index contributed by atoms with van der Waals surface area (Å²) >= 11 is 0. The molecule has 2 atom stereocenters. The van der Waals surface area contributed by atoms with Crippen LogP contribution in [0.1, 0.15) is 13.3 Å². The summed E-state index contributed by atoms with van der Waals surface area (Å²) in [6.07, 6.45) is -0.587. The quantitative estimate of drug-likeness (QED) is 0.851. The fourth-order valence-corrected chi connectivity index (χ4v) is 3.05. The third-order valence-corrected chi connectivity index (χ3v) is 4.36. The number of benzene rings is 1. The zero-order valence-electron chi connectivity index (χ0n) is 13.9. The molecule has 0 bridgehead atoms. The maximum absolute atomic E-state index is 12.5. The van der Waals surface area contributed by atoms with Crippen molar-refractivity contribution in [2.24, 2.45) is 0 Å². The molecule has 3 rings (SSSR count). The lowest BCUT2D eigenvalue weighted by Gasteiger charge is -2.35. The van der Waals surface area contributed by atoms with Gasteiger partial charge in [0.25, 0.3) is 5.91 Å². The number of carboxylic acid groups (broad SMARTS) is 1. The highest BCUT2D eigenvalue weighted by Gasteiger charge is 2.35. The molecule has 1 aromatic rings. The molecule has 0 spiro atoms. The van der Waals surface area contributed by atoms with Gasteiger partial charge in [-0.15, -0.1) is 0 Å². The lowest BCUT2D eigenvalue weighted by Crippen LogP contribution is -2.53. The average Bonchev–Trinajstić information content (AvgIpc) is 2.62. The van der Waals surface area contributed by atoms with E-state index in [1.807, 2.05) is 6.07 Å². The largest absolute Gasteiger partial charge is 0.480 e. The van der Waals surface area contributed by atoms with Crippen LogP contribution in [0.15, 0.2) is 24.3 Å². The van der Waals surface area contributed by atoms with Gasteiger partial charge in [-0.2, -0.15) is 0 Å². The van der Waals surface area contributed by atoms with Gasteiger partial charge in [0.15, 0.2) is 12.1 Å². The van der Waals surface area contributed by atoms with E-state index < -0.39 is 18.1 Å². The van der Waals surface area contributed by atoms with Gasteiger partial charge in [0.2, 0.25) is 5.91 Å². The minimum atomic E-state index is -1.09. The summed E-state index contributed by atoms with van der Waals surface area (Å²) in [6.45, 7) is 2.37. The van der Waals surface area contributed by atoms with E-state index in [-0.39, 0.29) is 37.9 Å². The fourth-order valence-electron chi connectivity index (χ4n) is 3.05. The van der Waals surface area contributed by atoms with Crippen LogP contribution in [0.2, 0.25) is 0 Å². The number of carbonyl (C=O) groups excluding carboxylic acids is 2. The van der Waals surface area contributed by atoms with Crippen LogP contribution in [0.25, 0.3) is 0 Å². The van der Waals surface area contributed by atoms with Crippen LogP contribution in [0.4, 0.5) is 5.69 Å². The molecular formula is C17H20N2O6. The molecule has 2 amide bonds. The first-order valence-corrected chi connectivity index (χ1v) is 8.16. The first-order chi connectivity index (χ1) is 12.0. The molecule has 8 heteroatoms. The first-order valence-electron chi connectivity index (χ1n) is 8.16. The van der Waals surface area contributed by atoms with E-state index in [2.05, 4.69) is 0 Å². The third-order valence-electron chi connectivity index (χ3n) is 4.36. The molecular weight excluding hydrogens is 328 g/mol. The molecule has 0 saturated carbocycles. The van der Waals surface area contributed by atoms with Crippen molar-refractivity contribution in [1.82, 2.24) is 4.90 Å². The molecule has 0 radical (unpaired) electrons. The van der Waals surface area contributed by atoms with Crippen LogP contribution < -0.4 is 9.64 Å². The number of carboxylic acids is 1. The Hall–Kier alpha value is -2.61. The van der Waals surface area contributed by atoms with Crippen molar-refractivity contribution in [3.05, 3.63) is 24.3 Å². The van der Waals surface area contributed by atoms with Crippen LogP contribution in [-0.4, -0.2) is 66.2 Å². The molecule has 2 aliphatic rings. The maximum atomic E-state index is 12.5. The van der Waals surface area contributed by atoms with Gasteiger partial charge in [0, 0.05) is 19.5 Å². The summed E-state index contributed by atoms with van der Waals surface area (Å²) in [5.74, 6) is -1.02. The number of carbonyl (C=O) groups is 3. The topological polar surface area (TPSA) is 96.4 Å². The number of anilines is 1. The maximum Gasteiger partial charge on any atom is 0.328 e. The first kappa shape index (κ1) is 17.2. The van der Waals surface area contributed by atoms with Gasteiger partial charge in [-0.05, 0) is 19.1 Å². The number of ether oxygens (including phenoxy) is 2. The van der Waals surface area contributed by atoms with E-state index in [9.17, 15) is 19.5 Å². The Morgan fingerprint density at radius 3 is 2.84 bits per heavy atom. The van der Waals surface area contributed by atoms with E-state index in [4.69, 9.17) is 9.47 Å². The van der Waals surface area contributed by atoms with Crippen molar-refractivity contribution < 1.29 is 29.0 Å². The van der Waals surface area contributed by atoms with Gasteiger partial charge in [0.1, 0.15) is 5.75 Å². The number of hydrogen-bond acceptors (Lipinski definition) is 5. The monoisotopic (exact) mass is 348 g/mol. The lowest BCUT2D eigenvalue weighted by atomic mass is 10.1. The van der Waals surface area contributed by atoms with Gasteiger partial charge >= 0.3 is 5.97 Å². The molecule has 2 heterocycles. The van der Waals surface area contributed by atoms with Crippen molar-refractivity contribution in [2.45, 2.75) is 25.5 Å². The van der Waals surface area contributed by atoms with Gasteiger partial charge < -0.3 is 24.4 Å². The van der Waals surface area contributed by atoms with Gasteiger partial charge in [-0.1, -0.05) is 12.1 Å². The summed E-state index contributed by atoms with van der Waals surface area (Å²) in [4.78, 5) is 39.0. The second-order valence-electron chi connectivity index (χ2n) is 5.98. The van der Waals surface area contributed by atoms with Crippen LogP contribution in [-0.2, 0) is 19.1 Å². The molecule has 1 saturated heterocycles.